The second-order valence-corrected chi connectivity index (χ2v) is 9.49. The molecule has 1 rings (SSSR count). The van der Waals surface area contributed by atoms with Gasteiger partial charge in [0.25, 0.3) is 0 Å². The molecular formula is C14H30N2O2S. The van der Waals surface area contributed by atoms with Crippen molar-refractivity contribution in [2.45, 2.75) is 51.8 Å². The van der Waals surface area contributed by atoms with E-state index in [4.69, 9.17) is 0 Å². The van der Waals surface area contributed by atoms with E-state index in [1.165, 1.54) is 0 Å². The lowest BCUT2D eigenvalue weighted by Crippen LogP contribution is -2.55. The molecule has 0 spiro atoms. The number of rotatable bonds is 5. The molecule has 0 aromatic carbocycles. The van der Waals surface area contributed by atoms with E-state index >= 15 is 0 Å². The molecule has 1 saturated heterocycles. The zero-order valence-electron chi connectivity index (χ0n) is 13.1. The summed E-state index contributed by atoms with van der Waals surface area (Å²) in [7, 11) is -3.02. The fourth-order valence-corrected chi connectivity index (χ4v) is 3.51. The van der Waals surface area contributed by atoms with E-state index in [1.54, 1.807) is 20.8 Å². The van der Waals surface area contributed by atoms with Crippen LogP contribution in [0, 0.1) is 5.92 Å². The molecule has 0 aromatic heterocycles. The summed E-state index contributed by atoms with van der Waals surface area (Å²) >= 11 is 0. The van der Waals surface area contributed by atoms with Gasteiger partial charge in [-0.3, -0.25) is 4.90 Å². The lowest BCUT2D eigenvalue weighted by Gasteiger charge is -2.39. The van der Waals surface area contributed by atoms with Gasteiger partial charge in [-0.05, 0) is 26.7 Å². The number of nitrogens with zero attached hydrogens (tertiary/aromatic N) is 1. The van der Waals surface area contributed by atoms with Crippen molar-refractivity contribution in [3.8, 4) is 0 Å². The van der Waals surface area contributed by atoms with Crippen LogP contribution in [0.1, 0.15) is 41.0 Å². The van der Waals surface area contributed by atoms with Gasteiger partial charge in [-0.1, -0.05) is 20.3 Å². The largest absolute Gasteiger partial charge is 0.314 e. The molecule has 1 aliphatic rings. The van der Waals surface area contributed by atoms with Gasteiger partial charge in [0.2, 0.25) is 0 Å². The van der Waals surface area contributed by atoms with E-state index in [9.17, 15) is 8.42 Å². The Morgan fingerprint density at radius 3 is 2.53 bits per heavy atom. The van der Waals surface area contributed by atoms with Crippen LogP contribution in [0.3, 0.4) is 0 Å². The normalized spacial score (nSPS) is 24.4. The molecule has 0 bridgehead atoms. The summed E-state index contributed by atoms with van der Waals surface area (Å²) in [6.45, 7) is 13.4. The lowest BCUT2D eigenvalue weighted by atomic mass is 9.96. The Balaban J connectivity index is 2.64. The number of piperazine rings is 1. The summed E-state index contributed by atoms with van der Waals surface area (Å²) in [6.07, 6.45) is 1.13. The number of nitrogens with one attached hydrogen (secondary N) is 1. The Morgan fingerprint density at radius 1 is 1.37 bits per heavy atom. The third kappa shape index (κ3) is 4.43. The molecule has 1 aliphatic heterocycles. The van der Waals surface area contributed by atoms with Crippen molar-refractivity contribution in [3.63, 3.8) is 0 Å². The standard InChI is InChI=1S/C14H30N2O2S/c1-6-12(2)13-11-15-7-8-16(13)9-10-19(17,18)14(3,4)5/h12-13,15H,6-11H2,1-5H3. The third-order valence-corrected chi connectivity index (χ3v) is 6.87. The lowest BCUT2D eigenvalue weighted by molar-refractivity contribution is 0.123. The highest BCUT2D eigenvalue weighted by Crippen LogP contribution is 2.19. The van der Waals surface area contributed by atoms with Gasteiger partial charge < -0.3 is 5.32 Å². The van der Waals surface area contributed by atoms with E-state index in [0.29, 0.717) is 18.5 Å². The van der Waals surface area contributed by atoms with Crippen LogP contribution in [-0.2, 0) is 9.84 Å². The molecule has 5 heteroatoms. The summed E-state index contributed by atoms with van der Waals surface area (Å²) in [6, 6.07) is 0.467. The molecular weight excluding hydrogens is 260 g/mol. The molecule has 2 unspecified atom stereocenters. The average Bonchev–Trinajstić information content (AvgIpc) is 2.34. The molecule has 0 amide bonds. The molecule has 2 atom stereocenters. The fourth-order valence-electron chi connectivity index (χ4n) is 2.42. The average molecular weight is 290 g/mol. The third-order valence-electron chi connectivity index (χ3n) is 4.28. The topological polar surface area (TPSA) is 49.4 Å². The van der Waals surface area contributed by atoms with Crippen molar-refractivity contribution >= 4 is 9.84 Å². The molecule has 1 heterocycles. The van der Waals surface area contributed by atoms with Crippen LogP contribution >= 0.6 is 0 Å². The van der Waals surface area contributed by atoms with E-state index in [0.717, 1.165) is 26.1 Å². The van der Waals surface area contributed by atoms with Gasteiger partial charge in [0, 0.05) is 32.2 Å². The van der Waals surface area contributed by atoms with Crippen LogP contribution < -0.4 is 5.32 Å². The maximum absolute atomic E-state index is 12.2. The highest BCUT2D eigenvalue weighted by molar-refractivity contribution is 7.92. The van der Waals surface area contributed by atoms with Crippen LogP contribution in [0.2, 0.25) is 0 Å². The molecule has 1 fully saturated rings. The van der Waals surface area contributed by atoms with Gasteiger partial charge in [0.1, 0.15) is 0 Å². The predicted octanol–water partition coefficient (Wildman–Crippen LogP) is 1.52. The smallest absolute Gasteiger partial charge is 0.156 e. The summed E-state index contributed by atoms with van der Waals surface area (Å²) < 4.78 is 23.8. The van der Waals surface area contributed by atoms with Crippen LogP contribution in [0.5, 0.6) is 0 Å². The maximum Gasteiger partial charge on any atom is 0.156 e. The molecule has 19 heavy (non-hydrogen) atoms. The van der Waals surface area contributed by atoms with Gasteiger partial charge >= 0.3 is 0 Å². The predicted molar refractivity (Wildman–Crippen MR) is 81.2 cm³/mol. The number of hydrogen-bond donors (Lipinski definition) is 1. The first kappa shape index (κ1) is 16.9. The highest BCUT2D eigenvalue weighted by Gasteiger charge is 2.32. The molecule has 0 aliphatic carbocycles. The zero-order valence-corrected chi connectivity index (χ0v) is 13.9. The minimum atomic E-state index is -3.02. The first-order valence-electron chi connectivity index (χ1n) is 7.36. The van der Waals surface area contributed by atoms with Gasteiger partial charge in [0.05, 0.1) is 10.5 Å². The maximum atomic E-state index is 12.2. The summed E-state index contributed by atoms with van der Waals surface area (Å²) in [5.41, 5.74) is 0. The Kier molecular flexibility index (Phi) is 5.83. The van der Waals surface area contributed by atoms with Crippen molar-refractivity contribution in [2.75, 3.05) is 31.9 Å². The molecule has 1 N–H and O–H groups in total. The first-order chi connectivity index (χ1) is 8.69. The Morgan fingerprint density at radius 2 is 2.00 bits per heavy atom. The van der Waals surface area contributed by atoms with Crippen LogP contribution in [-0.4, -0.2) is 56.0 Å². The number of hydrogen-bond acceptors (Lipinski definition) is 4. The minimum Gasteiger partial charge on any atom is -0.314 e. The zero-order chi connectivity index (χ0) is 14.7. The quantitative estimate of drug-likeness (QED) is 0.834. The van der Waals surface area contributed by atoms with Crippen LogP contribution in [0.15, 0.2) is 0 Å². The van der Waals surface area contributed by atoms with Gasteiger partial charge in [-0.2, -0.15) is 0 Å². The minimum absolute atomic E-state index is 0.267. The first-order valence-corrected chi connectivity index (χ1v) is 9.01. The monoisotopic (exact) mass is 290 g/mol. The SMILES string of the molecule is CCC(C)C1CNCCN1CCS(=O)(=O)C(C)(C)C. The Labute approximate surface area is 118 Å². The van der Waals surface area contributed by atoms with Crippen molar-refractivity contribution in [1.29, 1.82) is 0 Å². The fraction of sp³-hybridized carbons (Fsp3) is 1.00. The number of sulfone groups is 1. The van der Waals surface area contributed by atoms with Gasteiger partial charge in [-0.15, -0.1) is 0 Å². The van der Waals surface area contributed by atoms with Crippen LogP contribution in [0.25, 0.3) is 0 Å². The van der Waals surface area contributed by atoms with Crippen molar-refractivity contribution in [2.24, 2.45) is 5.92 Å². The van der Waals surface area contributed by atoms with E-state index in [2.05, 4.69) is 24.1 Å². The Bertz CT molecular complexity index is 373. The molecule has 114 valence electrons. The Hall–Kier alpha value is -0.130. The second-order valence-electron chi connectivity index (χ2n) is 6.62. The van der Waals surface area contributed by atoms with Crippen molar-refractivity contribution in [3.05, 3.63) is 0 Å². The molecule has 4 nitrogen and oxygen atoms in total. The van der Waals surface area contributed by atoms with Crippen molar-refractivity contribution in [1.82, 2.24) is 10.2 Å². The van der Waals surface area contributed by atoms with E-state index < -0.39 is 14.6 Å². The molecule has 0 saturated carbocycles. The molecule has 0 radical (unpaired) electrons. The summed E-state index contributed by atoms with van der Waals surface area (Å²) in [5, 5.41) is 3.42. The second kappa shape index (κ2) is 6.55. The van der Waals surface area contributed by atoms with Crippen molar-refractivity contribution < 1.29 is 8.42 Å². The summed E-state index contributed by atoms with van der Waals surface area (Å²) in [5.74, 6) is 0.869. The van der Waals surface area contributed by atoms with E-state index in [1.807, 2.05) is 0 Å². The van der Waals surface area contributed by atoms with Crippen LogP contribution in [0.4, 0.5) is 0 Å². The van der Waals surface area contributed by atoms with Gasteiger partial charge in [0.15, 0.2) is 9.84 Å². The summed E-state index contributed by atoms with van der Waals surface area (Å²) in [4.78, 5) is 2.36. The highest BCUT2D eigenvalue weighted by atomic mass is 32.2. The van der Waals surface area contributed by atoms with Gasteiger partial charge in [-0.25, -0.2) is 8.42 Å². The molecule has 0 aromatic rings. The van der Waals surface area contributed by atoms with E-state index in [-0.39, 0.29) is 5.75 Å².